The molecule has 1 fully saturated rings. The van der Waals surface area contributed by atoms with Gasteiger partial charge in [0.05, 0.1) is 0 Å². The van der Waals surface area contributed by atoms with E-state index in [-0.39, 0.29) is 6.04 Å². The molecule has 0 bridgehead atoms. The molecule has 1 amide bonds. The molecule has 1 aliphatic rings. The number of hydrogen-bond donors (Lipinski definition) is 1. The van der Waals surface area contributed by atoms with Gasteiger partial charge in [-0.2, -0.15) is 0 Å². The van der Waals surface area contributed by atoms with Crippen molar-refractivity contribution >= 4 is 24.1 Å². The summed E-state index contributed by atoms with van der Waals surface area (Å²) in [5, 5.41) is 9.58. The van der Waals surface area contributed by atoms with Crippen LogP contribution in [0.4, 0.5) is 0 Å². The molecule has 1 saturated carbocycles. The smallest absolute Gasteiger partial charge is 0.334 e. The molecule has 2 rings (SSSR count). The Hall–Kier alpha value is -1.49. The lowest BCUT2D eigenvalue weighted by atomic mass is 9.90. The normalized spacial score (nSPS) is 17.6. The van der Waals surface area contributed by atoms with Gasteiger partial charge in [0.1, 0.15) is 0 Å². The molecule has 0 saturated heterocycles. The van der Waals surface area contributed by atoms with Crippen LogP contribution >= 0.6 is 11.8 Å². The highest BCUT2D eigenvalue weighted by Crippen LogP contribution is 2.37. The molecule has 0 aliphatic heterocycles. The number of aliphatic carboxylic acids is 1. The maximum absolute atomic E-state index is 11.7. The van der Waals surface area contributed by atoms with Gasteiger partial charge in [-0.3, -0.25) is 4.79 Å². The summed E-state index contributed by atoms with van der Waals surface area (Å²) in [4.78, 5) is 25.5. The van der Waals surface area contributed by atoms with Gasteiger partial charge in [0.15, 0.2) is 5.54 Å². The molecule has 0 spiro atoms. The lowest BCUT2D eigenvalue weighted by Gasteiger charge is -2.35. The van der Waals surface area contributed by atoms with Crippen LogP contribution in [0.5, 0.6) is 0 Å². The van der Waals surface area contributed by atoms with Crippen molar-refractivity contribution in [3.63, 3.8) is 0 Å². The van der Waals surface area contributed by atoms with Gasteiger partial charge in [-0.1, -0.05) is 12.1 Å². The van der Waals surface area contributed by atoms with E-state index in [0.717, 1.165) is 17.7 Å². The van der Waals surface area contributed by atoms with Gasteiger partial charge in [-0.25, -0.2) is 4.79 Å². The quantitative estimate of drug-likeness (QED) is 0.641. The van der Waals surface area contributed by atoms with Crippen molar-refractivity contribution < 1.29 is 14.7 Å². The minimum Gasteiger partial charge on any atom is -0.479 e. The van der Waals surface area contributed by atoms with Crippen LogP contribution in [-0.4, -0.2) is 34.7 Å². The third-order valence-electron chi connectivity index (χ3n) is 3.64. The molecule has 1 aliphatic carbocycles. The fraction of sp³-hybridized carbons (Fsp3) is 0.429. The van der Waals surface area contributed by atoms with Crippen molar-refractivity contribution in [3.8, 4) is 0 Å². The van der Waals surface area contributed by atoms with Gasteiger partial charge in [0.25, 0.3) is 0 Å². The standard InChI is InChI=1S/C14H17NO3S/c1-14(13(17)18,15(9-16)11-5-6-11)10-3-7-12(19-2)8-4-10/h3-4,7-9,11H,5-6H2,1-2H3,(H,17,18). The summed E-state index contributed by atoms with van der Waals surface area (Å²) in [5.41, 5.74) is -0.656. The first-order valence-electron chi connectivity index (χ1n) is 6.15. The van der Waals surface area contributed by atoms with Crippen LogP contribution in [0.3, 0.4) is 0 Å². The first kappa shape index (κ1) is 13.9. The molecule has 1 unspecified atom stereocenters. The average Bonchev–Trinajstić information content (AvgIpc) is 3.23. The van der Waals surface area contributed by atoms with E-state index in [1.54, 1.807) is 30.8 Å². The largest absolute Gasteiger partial charge is 0.479 e. The highest BCUT2D eigenvalue weighted by molar-refractivity contribution is 7.98. The third-order valence-corrected chi connectivity index (χ3v) is 4.38. The summed E-state index contributed by atoms with van der Waals surface area (Å²) in [5.74, 6) is -0.997. The van der Waals surface area contributed by atoms with E-state index >= 15 is 0 Å². The molecular formula is C14H17NO3S. The monoisotopic (exact) mass is 279 g/mol. The van der Waals surface area contributed by atoms with Crippen LogP contribution in [0.25, 0.3) is 0 Å². The average molecular weight is 279 g/mol. The Morgan fingerprint density at radius 3 is 2.37 bits per heavy atom. The Balaban J connectivity index is 2.41. The Labute approximate surface area is 116 Å². The number of carboxylic acid groups (broad SMARTS) is 1. The molecule has 1 aromatic carbocycles. The Morgan fingerprint density at radius 2 is 2.00 bits per heavy atom. The van der Waals surface area contributed by atoms with Gasteiger partial charge >= 0.3 is 5.97 Å². The topological polar surface area (TPSA) is 57.6 Å². The van der Waals surface area contributed by atoms with Gasteiger partial charge in [0, 0.05) is 10.9 Å². The van der Waals surface area contributed by atoms with E-state index in [4.69, 9.17) is 0 Å². The highest BCUT2D eigenvalue weighted by atomic mass is 32.2. The Kier molecular flexibility index (Phi) is 3.85. The van der Waals surface area contributed by atoms with Crippen molar-refractivity contribution in [2.45, 2.75) is 36.2 Å². The van der Waals surface area contributed by atoms with Crippen LogP contribution in [0, 0.1) is 0 Å². The van der Waals surface area contributed by atoms with Gasteiger partial charge in [-0.05, 0) is 43.7 Å². The number of carboxylic acids is 1. The zero-order valence-corrected chi connectivity index (χ0v) is 11.8. The number of rotatable bonds is 6. The summed E-state index contributed by atoms with van der Waals surface area (Å²) in [7, 11) is 0. The first-order valence-corrected chi connectivity index (χ1v) is 7.38. The van der Waals surface area contributed by atoms with E-state index in [9.17, 15) is 14.7 Å². The second-order valence-corrected chi connectivity index (χ2v) is 5.73. The summed E-state index contributed by atoms with van der Waals surface area (Å²) in [6.45, 7) is 1.59. The number of carbonyl (C=O) groups is 2. The molecule has 19 heavy (non-hydrogen) atoms. The predicted octanol–water partition coefficient (Wildman–Crippen LogP) is 2.33. The molecule has 1 atom stereocenters. The van der Waals surface area contributed by atoms with Crippen LogP contribution in [0.15, 0.2) is 29.2 Å². The molecular weight excluding hydrogens is 262 g/mol. The van der Waals surface area contributed by atoms with Crippen molar-refractivity contribution in [2.75, 3.05) is 6.26 Å². The lowest BCUT2D eigenvalue weighted by molar-refractivity contribution is -0.155. The van der Waals surface area contributed by atoms with Crippen molar-refractivity contribution in [1.82, 2.24) is 4.90 Å². The van der Waals surface area contributed by atoms with E-state index in [0.29, 0.717) is 12.0 Å². The maximum Gasteiger partial charge on any atom is 0.334 e. The molecule has 5 heteroatoms. The second-order valence-electron chi connectivity index (χ2n) is 4.85. The van der Waals surface area contributed by atoms with Crippen LogP contribution in [0.2, 0.25) is 0 Å². The number of benzene rings is 1. The molecule has 0 radical (unpaired) electrons. The fourth-order valence-corrected chi connectivity index (χ4v) is 2.62. The minimum absolute atomic E-state index is 0.0545. The molecule has 0 aromatic heterocycles. The zero-order chi connectivity index (χ0) is 14.0. The van der Waals surface area contributed by atoms with Crippen molar-refractivity contribution in [3.05, 3.63) is 29.8 Å². The van der Waals surface area contributed by atoms with E-state index in [2.05, 4.69) is 0 Å². The van der Waals surface area contributed by atoms with E-state index in [1.165, 1.54) is 4.90 Å². The lowest BCUT2D eigenvalue weighted by Crippen LogP contribution is -2.50. The predicted molar refractivity (Wildman–Crippen MR) is 74.1 cm³/mol. The van der Waals surface area contributed by atoms with Gasteiger partial charge in [-0.15, -0.1) is 11.8 Å². The second kappa shape index (κ2) is 5.25. The molecule has 0 heterocycles. The maximum atomic E-state index is 11.7. The number of carbonyl (C=O) groups excluding carboxylic acids is 1. The van der Waals surface area contributed by atoms with Crippen LogP contribution in [-0.2, 0) is 15.1 Å². The summed E-state index contributed by atoms with van der Waals surface area (Å²) in [6.07, 6.45) is 4.39. The van der Waals surface area contributed by atoms with E-state index < -0.39 is 11.5 Å². The Morgan fingerprint density at radius 1 is 1.42 bits per heavy atom. The number of hydrogen-bond acceptors (Lipinski definition) is 3. The van der Waals surface area contributed by atoms with Crippen LogP contribution in [0.1, 0.15) is 25.3 Å². The van der Waals surface area contributed by atoms with Crippen molar-refractivity contribution in [1.29, 1.82) is 0 Å². The molecule has 102 valence electrons. The SMILES string of the molecule is CSc1ccc(C(C)(C(=O)O)N(C=O)C2CC2)cc1. The molecule has 1 aromatic rings. The molecule has 4 nitrogen and oxygen atoms in total. The van der Waals surface area contributed by atoms with Gasteiger partial charge in [0.2, 0.25) is 6.41 Å². The van der Waals surface area contributed by atoms with Crippen LogP contribution < -0.4 is 0 Å². The number of amides is 1. The van der Waals surface area contributed by atoms with Crippen molar-refractivity contribution in [2.24, 2.45) is 0 Å². The van der Waals surface area contributed by atoms with Gasteiger partial charge < -0.3 is 10.0 Å². The fourth-order valence-electron chi connectivity index (χ4n) is 2.21. The zero-order valence-electron chi connectivity index (χ0n) is 11.0. The minimum atomic E-state index is -1.29. The van der Waals surface area contributed by atoms with E-state index in [1.807, 2.05) is 18.4 Å². The number of thioether (sulfide) groups is 1. The Bertz CT molecular complexity index is 484. The highest BCUT2D eigenvalue weighted by Gasteiger charge is 2.47. The number of nitrogens with zero attached hydrogens (tertiary/aromatic N) is 1. The summed E-state index contributed by atoms with van der Waals surface area (Å²) < 4.78 is 0. The first-order chi connectivity index (χ1) is 9.03. The molecule has 1 N–H and O–H groups in total. The summed E-state index contributed by atoms with van der Waals surface area (Å²) >= 11 is 1.60. The third kappa shape index (κ3) is 2.47. The summed E-state index contributed by atoms with van der Waals surface area (Å²) in [6, 6.07) is 7.41.